The van der Waals surface area contributed by atoms with Gasteiger partial charge in [-0.05, 0) is 24.1 Å². The Bertz CT molecular complexity index is 677. The average molecular weight is 244 g/mol. The van der Waals surface area contributed by atoms with Gasteiger partial charge in [-0.25, -0.2) is 4.79 Å². The van der Waals surface area contributed by atoms with E-state index in [0.717, 1.165) is 16.6 Å². The molecule has 2 aromatic rings. The second-order valence-corrected chi connectivity index (χ2v) is 4.05. The molecule has 0 spiro atoms. The Morgan fingerprint density at radius 3 is 2.83 bits per heavy atom. The van der Waals surface area contributed by atoms with Gasteiger partial charge in [-0.1, -0.05) is 6.07 Å². The van der Waals surface area contributed by atoms with Crippen LogP contribution in [0.2, 0.25) is 0 Å². The number of nitrogens with zero attached hydrogens (tertiary/aromatic N) is 2. The largest absolute Gasteiger partial charge is 0.333 e. The normalized spacial score (nSPS) is 10.2. The Balaban J connectivity index is 2.10. The molecule has 1 amide bonds. The van der Waals surface area contributed by atoms with Crippen LogP contribution in [0.3, 0.4) is 0 Å². The van der Waals surface area contributed by atoms with Gasteiger partial charge in [0.05, 0.1) is 11.0 Å². The minimum atomic E-state index is -0.550. The maximum Gasteiger partial charge on any atom is 0.324 e. The fourth-order valence-electron chi connectivity index (χ4n) is 1.72. The summed E-state index contributed by atoms with van der Waals surface area (Å²) in [5.41, 5.74) is 2.26. The number of aromatic amines is 2. The molecule has 0 aliphatic carbocycles. The van der Waals surface area contributed by atoms with E-state index in [9.17, 15) is 9.59 Å². The molecule has 0 radical (unpaired) electrons. The molecular weight excluding hydrogens is 232 g/mol. The number of imidazole rings is 1. The molecular formula is C12H12N4O2. The number of H-pyrrole nitrogens is 2. The van der Waals surface area contributed by atoms with Crippen LogP contribution in [0.25, 0.3) is 11.0 Å². The van der Waals surface area contributed by atoms with Gasteiger partial charge < -0.3 is 14.9 Å². The summed E-state index contributed by atoms with van der Waals surface area (Å²) < 4.78 is 0. The number of carbonyl (C=O) groups excluding carboxylic acids is 1. The van der Waals surface area contributed by atoms with Gasteiger partial charge in [0.25, 0.3) is 0 Å². The number of fused-ring (bicyclic) bond motifs is 1. The quantitative estimate of drug-likeness (QED) is 0.764. The molecule has 0 saturated heterocycles. The highest BCUT2D eigenvalue weighted by Gasteiger charge is 2.07. The summed E-state index contributed by atoms with van der Waals surface area (Å²) in [6, 6.07) is 7.13. The molecule has 1 aromatic heterocycles. The highest BCUT2D eigenvalue weighted by molar-refractivity contribution is 5.91. The highest BCUT2D eigenvalue weighted by atomic mass is 16.2. The molecule has 6 heteroatoms. The molecule has 0 saturated carbocycles. The lowest BCUT2D eigenvalue weighted by Gasteiger charge is -2.12. The number of hydrogen-bond acceptors (Lipinski definition) is 3. The lowest BCUT2D eigenvalue weighted by molar-refractivity contribution is -0.124. The van der Waals surface area contributed by atoms with Crippen molar-refractivity contribution in [2.45, 2.75) is 6.42 Å². The molecule has 2 N–H and O–H groups in total. The van der Waals surface area contributed by atoms with Crippen molar-refractivity contribution in [2.24, 2.45) is 0 Å². The summed E-state index contributed by atoms with van der Waals surface area (Å²) in [6.45, 7) is 0.465. The smallest absolute Gasteiger partial charge is 0.324 e. The van der Waals surface area contributed by atoms with E-state index in [-0.39, 0.29) is 5.69 Å². The van der Waals surface area contributed by atoms with E-state index in [4.69, 9.17) is 5.26 Å². The zero-order valence-corrected chi connectivity index (χ0v) is 9.86. The predicted octanol–water partition coefficient (Wildman–Crippen LogP) is 0.381. The van der Waals surface area contributed by atoms with Gasteiger partial charge in [0, 0.05) is 13.6 Å². The van der Waals surface area contributed by atoms with Crippen LogP contribution in [-0.4, -0.2) is 34.4 Å². The molecule has 92 valence electrons. The van der Waals surface area contributed by atoms with Crippen LogP contribution in [0.4, 0.5) is 0 Å². The fraction of sp³-hybridized carbons (Fsp3) is 0.250. The van der Waals surface area contributed by atoms with Gasteiger partial charge in [0.1, 0.15) is 0 Å². The van der Waals surface area contributed by atoms with Gasteiger partial charge in [-0.15, -0.1) is 0 Å². The summed E-state index contributed by atoms with van der Waals surface area (Å²) in [5.74, 6) is -0.550. The number of hydrogen-bond donors (Lipinski definition) is 2. The van der Waals surface area contributed by atoms with E-state index in [2.05, 4.69) is 9.97 Å². The molecule has 6 nitrogen and oxygen atoms in total. The van der Waals surface area contributed by atoms with Crippen molar-refractivity contribution in [1.82, 2.24) is 14.9 Å². The lowest BCUT2D eigenvalue weighted by atomic mass is 10.1. The number of nitriles is 1. The molecule has 1 heterocycles. The summed E-state index contributed by atoms with van der Waals surface area (Å²) in [6.07, 6.45) is 0.632. The van der Waals surface area contributed by atoms with Crippen LogP contribution in [0.15, 0.2) is 23.0 Å². The Kier molecular flexibility index (Phi) is 3.15. The van der Waals surface area contributed by atoms with Crippen molar-refractivity contribution in [3.8, 4) is 6.07 Å². The molecule has 0 fully saturated rings. The van der Waals surface area contributed by atoms with Gasteiger partial charge in [0.15, 0.2) is 6.07 Å². The van der Waals surface area contributed by atoms with Crippen molar-refractivity contribution in [3.63, 3.8) is 0 Å². The number of aromatic nitrogens is 2. The number of rotatable bonds is 3. The number of likely N-dealkylation sites (N-methyl/N-ethyl adjacent to an activating group) is 1. The van der Waals surface area contributed by atoms with Crippen LogP contribution in [0.1, 0.15) is 5.56 Å². The molecule has 0 aliphatic heterocycles. The van der Waals surface area contributed by atoms with Gasteiger partial charge in [-0.3, -0.25) is 4.79 Å². The molecule has 2 rings (SSSR count). The van der Waals surface area contributed by atoms with E-state index >= 15 is 0 Å². The van der Waals surface area contributed by atoms with Gasteiger partial charge in [-0.2, -0.15) is 5.26 Å². The summed E-state index contributed by atoms with van der Waals surface area (Å²) >= 11 is 0. The summed E-state index contributed by atoms with van der Waals surface area (Å²) in [7, 11) is 1.59. The Morgan fingerprint density at radius 2 is 2.11 bits per heavy atom. The Hall–Kier alpha value is -2.55. The van der Waals surface area contributed by atoms with E-state index in [0.29, 0.717) is 13.0 Å². The SMILES string of the molecule is CN(CCc1ccc2[nH]c(=O)[nH]c2c1)C(=O)C#N. The molecule has 0 aliphatic rings. The number of carbonyl (C=O) groups is 1. The second kappa shape index (κ2) is 4.75. The second-order valence-electron chi connectivity index (χ2n) is 4.05. The van der Waals surface area contributed by atoms with E-state index < -0.39 is 5.91 Å². The van der Waals surface area contributed by atoms with Crippen molar-refractivity contribution >= 4 is 16.9 Å². The standard InChI is InChI=1S/C12H12N4O2/c1-16(11(17)7-13)5-4-8-2-3-9-10(6-8)15-12(18)14-9/h2-3,6H,4-5H2,1H3,(H2,14,15,18). The third kappa shape index (κ3) is 2.40. The number of benzene rings is 1. The van der Waals surface area contributed by atoms with Crippen LogP contribution >= 0.6 is 0 Å². The van der Waals surface area contributed by atoms with E-state index in [1.54, 1.807) is 13.1 Å². The van der Waals surface area contributed by atoms with Crippen molar-refractivity contribution < 1.29 is 4.79 Å². The molecule has 1 aromatic carbocycles. The fourth-order valence-corrected chi connectivity index (χ4v) is 1.72. The average Bonchev–Trinajstić information content (AvgIpc) is 2.74. The van der Waals surface area contributed by atoms with Crippen molar-refractivity contribution in [1.29, 1.82) is 5.26 Å². The van der Waals surface area contributed by atoms with Crippen molar-refractivity contribution in [3.05, 3.63) is 34.2 Å². The minimum Gasteiger partial charge on any atom is -0.333 e. The zero-order valence-electron chi connectivity index (χ0n) is 9.86. The Labute approximate surface area is 103 Å². The molecule has 0 unspecified atom stereocenters. The van der Waals surface area contributed by atoms with E-state index in [1.807, 2.05) is 18.2 Å². The topological polar surface area (TPSA) is 92.8 Å². The zero-order chi connectivity index (χ0) is 13.1. The first-order valence-corrected chi connectivity index (χ1v) is 5.46. The number of amides is 1. The van der Waals surface area contributed by atoms with Gasteiger partial charge >= 0.3 is 11.6 Å². The maximum absolute atomic E-state index is 11.1. The minimum absolute atomic E-state index is 0.237. The maximum atomic E-state index is 11.1. The van der Waals surface area contributed by atoms with Crippen LogP contribution in [-0.2, 0) is 11.2 Å². The third-order valence-corrected chi connectivity index (χ3v) is 2.76. The van der Waals surface area contributed by atoms with Crippen LogP contribution in [0.5, 0.6) is 0 Å². The highest BCUT2D eigenvalue weighted by Crippen LogP contribution is 2.10. The first-order chi connectivity index (χ1) is 8.60. The molecule has 0 atom stereocenters. The summed E-state index contributed by atoms with van der Waals surface area (Å²) in [5, 5.41) is 8.46. The van der Waals surface area contributed by atoms with Gasteiger partial charge in [0.2, 0.25) is 0 Å². The van der Waals surface area contributed by atoms with Crippen molar-refractivity contribution in [2.75, 3.05) is 13.6 Å². The summed E-state index contributed by atoms with van der Waals surface area (Å²) in [4.78, 5) is 28.9. The first kappa shape index (κ1) is 11.9. The number of nitrogens with one attached hydrogen (secondary N) is 2. The molecule has 18 heavy (non-hydrogen) atoms. The van der Waals surface area contributed by atoms with E-state index in [1.165, 1.54) is 4.90 Å². The predicted molar refractivity (Wildman–Crippen MR) is 65.9 cm³/mol. The van der Waals surface area contributed by atoms with Crippen LogP contribution in [0, 0.1) is 11.3 Å². The first-order valence-electron chi connectivity index (χ1n) is 5.46. The molecule has 0 bridgehead atoms. The third-order valence-electron chi connectivity index (χ3n) is 2.76. The van der Waals surface area contributed by atoms with Crippen LogP contribution < -0.4 is 5.69 Å². The lowest BCUT2D eigenvalue weighted by Crippen LogP contribution is -2.27. The monoisotopic (exact) mass is 244 g/mol. The Morgan fingerprint density at radius 1 is 1.39 bits per heavy atom.